The van der Waals surface area contributed by atoms with E-state index in [1.54, 1.807) is 115 Å². The Morgan fingerprint density at radius 3 is 0.705 bits per heavy atom. The van der Waals surface area contributed by atoms with Gasteiger partial charge in [0.15, 0.2) is 20.6 Å². The molecule has 28 heteroatoms. The highest BCUT2D eigenvalue weighted by Crippen LogP contribution is 2.53. The number of aromatic nitrogens is 8. The molecule has 4 aliphatic rings. The lowest BCUT2D eigenvalue weighted by atomic mass is 9.71. The van der Waals surface area contributed by atoms with E-state index in [9.17, 15) is 43.9 Å². The Morgan fingerprint density at radius 1 is 0.281 bits per heavy atom. The van der Waals surface area contributed by atoms with Gasteiger partial charge in [-0.1, -0.05) is 131 Å². The van der Waals surface area contributed by atoms with Gasteiger partial charge in [-0.2, -0.15) is 0 Å². The number of halogens is 12. The first kappa shape index (κ1) is 105. The second kappa shape index (κ2) is 44.6. The molecule has 0 amide bonds. The van der Waals surface area contributed by atoms with Crippen molar-refractivity contribution in [1.82, 2.24) is 38.2 Å². The normalized spacial score (nSPS) is 17.1. The SMILES string of the molecule is COc1ccc(C2(C)CCCc3nc(SCc4c(F)cc(C)cc4F)n(-c4ccc(F)cc4)c32)cc1C.COc1ccc(C2(C)CCCc3nc(SCc4c(F)cc(C)cc4F)n(-c4ccc(F)cc4)c32)cc1C.COc1ccc(C2(C)CCCc3nc(SCc4c(F)cccc4Cl)n(-c4ccc(F)cc4)c32)cc1C.COc1ccc([C@@]2(C)CCCc3nc(SCc4c(F)cccc4Cl)n(-c4ccc(F)cc4)c32)cc1C. The van der Waals surface area contributed by atoms with Gasteiger partial charge in [0, 0.05) is 99.7 Å². The standard InChI is InChI=1S/2C30H29F3N2OS.2C29H27ClF2N2OS/c2*1-18-14-24(32)23(25(33)15-18)17-37-29-34-26-6-5-13-30(3,20-7-12-27(36-4)19(2)16-20)28(26)35(29)22-10-8-21(31)9-11-22;2*1-18-16-19(9-14-26(18)35-3)29(2)15-5-8-25-27(29)34(21-12-10-20(31)11-13-21)28(33-25)36-17-22-23(30)6-4-7-24(22)32/h2*7-12,14-16H,5-6,13,17H2,1-4H3;2*4,6-7,9-14,16H,5,8,15,17H2,1-3H3/t;;29-;/m..1./s1. The van der Waals surface area contributed by atoms with Crippen LogP contribution in [0.2, 0.25) is 10.0 Å². The van der Waals surface area contributed by atoms with Gasteiger partial charge in [0.25, 0.3) is 0 Å². The van der Waals surface area contributed by atoms with Crippen LogP contribution in [-0.4, -0.2) is 66.6 Å². The smallest absolute Gasteiger partial charge is 0.173 e. The summed E-state index contributed by atoms with van der Waals surface area (Å²) >= 11 is 18.1. The first-order valence-electron chi connectivity index (χ1n) is 48.4. The first-order chi connectivity index (χ1) is 70.0. The number of nitrogens with zero attached hydrogens (tertiary/aromatic N) is 8. The molecule has 0 fully saturated rings. The molecule has 0 N–H and O–H groups in total. The van der Waals surface area contributed by atoms with Gasteiger partial charge >= 0.3 is 0 Å². The number of fused-ring (bicyclic) bond motifs is 4. The molecule has 0 saturated carbocycles. The van der Waals surface area contributed by atoms with Gasteiger partial charge in [0.2, 0.25) is 0 Å². The van der Waals surface area contributed by atoms with Crippen molar-refractivity contribution in [2.24, 2.45) is 0 Å². The van der Waals surface area contributed by atoms with Crippen molar-refractivity contribution in [2.45, 2.75) is 212 Å². The molecule has 4 heterocycles. The summed E-state index contributed by atoms with van der Waals surface area (Å²) in [5, 5.41) is 3.54. The molecule has 4 aromatic heterocycles. The molecule has 4 atom stereocenters. The number of hydrogen-bond donors (Lipinski definition) is 0. The van der Waals surface area contributed by atoms with Crippen LogP contribution in [0.4, 0.5) is 43.9 Å². The molecule has 756 valence electrons. The molecule has 4 aliphatic carbocycles. The number of imidazole rings is 4. The van der Waals surface area contributed by atoms with E-state index in [4.69, 9.17) is 62.1 Å². The number of hydrogen-bond acceptors (Lipinski definition) is 12. The van der Waals surface area contributed by atoms with Crippen molar-refractivity contribution in [3.63, 3.8) is 0 Å². The second-order valence-corrected chi connectivity index (χ2v) is 43.0. The molecule has 0 radical (unpaired) electrons. The molecule has 3 unspecified atom stereocenters. The Morgan fingerprint density at radius 2 is 0.500 bits per heavy atom. The lowest BCUT2D eigenvalue weighted by Crippen LogP contribution is -2.31. The Bertz CT molecular complexity index is 7000. The van der Waals surface area contributed by atoms with Crippen LogP contribution < -0.4 is 18.9 Å². The second-order valence-electron chi connectivity index (χ2n) is 38.5. The van der Waals surface area contributed by atoms with Crippen LogP contribution in [0.3, 0.4) is 0 Å². The quantitative estimate of drug-likeness (QED) is 0.0425. The summed E-state index contributed by atoms with van der Waals surface area (Å²) in [7, 11) is 6.68. The highest BCUT2D eigenvalue weighted by Gasteiger charge is 2.45. The van der Waals surface area contributed by atoms with Crippen LogP contribution in [0, 0.1) is 99.7 Å². The predicted octanol–water partition coefficient (Wildman–Crippen LogP) is 31.8. The predicted molar refractivity (Wildman–Crippen MR) is 566 cm³/mol. The van der Waals surface area contributed by atoms with Crippen LogP contribution in [0.5, 0.6) is 23.0 Å². The zero-order chi connectivity index (χ0) is 104. The molecule has 16 aromatic rings. The van der Waals surface area contributed by atoms with E-state index in [2.05, 4.69) is 85.4 Å². The fourth-order valence-electron chi connectivity index (χ4n) is 21.0. The summed E-state index contributed by atoms with van der Waals surface area (Å²) in [5.41, 5.74) is 20.9. The Balaban J connectivity index is 0.000000133. The molecule has 12 aromatic carbocycles. The van der Waals surface area contributed by atoms with E-state index in [-0.39, 0.29) is 79.2 Å². The van der Waals surface area contributed by atoms with E-state index in [0.717, 1.165) is 212 Å². The van der Waals surface area contributed by atoms with E-state index in [1.807, 2.05) is 61.1 Å². The zero-order valence-electron chi connectivity index (χ0n) is 83.6. The molecular formula is C118H112Cl2F10N8O4S4. The van der Waals surface area contributed by atoms with E-state index in [1.165, 1.54) is 143 Å². The van der Waals surface area contributed by atoms with Gasteiger partial charge in [-0.15, -0.1) is 0 Å². The van der Waals surface area contributed by atoms with Crippen molar-refractivity contribution >= 4 is 70.2 Å². The first-order valence-corrected chi connectivity index (χ1v) is 53.1. The third kappa shape index (κ3) is 21.6. The fourth-order valence-corrected chi connectivity index (χ4v) is 25.8. The minimum absolute atomic E-state index is 0.0239. The van der Waals surface area contributed by atoms with Crippen LogP contribution in [0.15, 0.2) is 251 Å². The van der Waals surface area contributed by atoms with E-state index >= 15 is 0 Å². The Hall–Kier alpha value is -12.0. The van der Waals surface area contributed by atoms with Gasteiger partial charge in [-0.05, 0) is 372 Å². The summed E-state index contributed by atoms with van der Waals surface area (Å²) < 4.78 is 173. The van der Waals surface area contributed by atoms with E-state index in [0.29, 0.717) is 54.1 Å². The molecule has 0 bridgehead atoms. The van der Waals surface area contributed by atoms with Gasteiger partial charge in [-0.3, -0.25) is 18.3 Å². The molecule has 12 nitrogen and oxygen atoms in total. The van der Waals surface area contributed by atoms with Crippen molar-refractivity contribution in [1.29, 1.82) is 0 Å². The number of aryl methyl sites for hydroxylation is 10. The monoisotopic (exact) mass is 2090 g/mol. The average molecular weight is 2100 g/mol. The van der Waals surface area contributed by atoms with Crippen molar-refractivity contribution in [2.75, 3.05) is 28.4 Å². The largest absolute Gasteiger partial charge is 0.496 e. The molecule has 146 heavy (non-hydrogen) atoms. The van der Waals surface area contributed by atoms with Crippen LogP contribution in [0.25, 0.3) is 22.7 Å². The van der Waals surface area contributed by atoms with Gasteiger partial charge < -0.3 is 18.9 Å². The van der Waals surface area contributed by atoms with Crippen molar-refractivity contribution in [3.8, 4) is 45.7 Å². The number of methoxy groups -OCH3 is 4. The molecular weight excluding hydrogens is 1980 g/mol. The van der Waals surface area contributed by atoms with Gasteiger partial charge in [0.05, 0.1) is 74.0 Å². The highest BCUT2D eigenvalue weighted by molar-refractivity contribution is 7.99. The fraction of sp³-hybridized carbons (Fsp3) is 0.288. The van der Waals surface area contributed by atoms with Gasteiger partial charge in [-0.25, -0.2) is 63.8 Å². The van der Waals surface area contributed by atoms with Gasteiger partial charge in [0.1, 0.15) is 81.2 Å². The minimum Gasteiger partial charge on any atom is -0.496 e. The topological polar surface area (TPSA) is 108 Å². The lowest BCUT2D eigenvalue weighted by molar-refractivity contribution is 0.409. The van der Waals surface area contributed by atoms with Crippen LogP contribution in [0.1, 0.15) is 203 Å². The van der Waals surface area contributed by atoms with Crippen LogP contribution >= 0.6 is 70.2 Å². The minimum atomic E-state index is -0.562. The third-order valence-corrected chi connectivity index (χ3v) is 33.2. The molecule has 20 rings (SSSR count). The highest BCUT2D eigenvalue weighted by atomic mass is 35.5. The average Bonchev–Trinajstić information content (AvgIpc) is 1.58. The number of benzene rings is 12. The third-order valence-electron chi connectivity index (χ3n) is 28.7. The summed E-state index contributed by atoms with van der Waals surface area (Å²) in [5.74, 6) is 0.0346. The van der Waals surface area contributed by atoms with Crippen molar-refractivity contribution < 1.29 is 62.9 Å². The van der Waals surface area contributed by atoms with E-state index < -0.39 is 23.3 Å². The summed E-state index contributed by atoms with van der Waals surface area (Å²) in [6.07, 6.45) is 10.9. The Kier molecular flexibility index (Phi) is 32.1. The summed E-state index contributed by atoms with van der Waals surface area (Å²) in [4.78, 5) is 20.0. The zero-order valence-corrected chi connectivity index (χ0v) is 88.4. The van der Waals surface area contributed by atoms with Crippen molar-refractivity contribution in [3.05, 3.63) is 422 Å². The Labute approximate surface area is 872 Å². The maximum Gasteiger partial charge on any atom is 0.173 e. The lowest BCUT2D eigenvalue weighted by Gasteiger charge is -2.36. The molecule has 0 aliphatic heterocycles. The number of thioether (sulfide) groups is 4. The molecule has 0 saturated heterocycles. The maximum atomic E-state index is 14.6. The molecule has 0 spiro atoms. The summed E-state index contributed by atoms with van der Waals surface area (Å²) in [6.45, 7) is 20.4. The maximum absolute atomic E-state index is 14.6. The number of ether oxygens (including phenoxy) is 4. The van der Waals surface area contributed by atoms with Crippen LogP contribution in [-0.2, 0) is 70.4 Å². The summed E-state index contributed by atoms with van der Waals surface area (Å²) in [6, 6.07) is 65.4. The number of rotatable bonds is 24.